The van der Waals surface area contributed by atoms with Gasteiger partial charge >= 0.3 is 0 Å². The maximum absolute atomic E-state index is 6.21. The second-order valence-corrected chi connectivity index (χ2v) is 7.86. The minimum absolute atomic E-state index is 0.346. The summed E-state index contributed by atoms with van der Waals surface area (Å²) in [6, 6.07) is 13.2. The van der Waals surface area contributed by atoms with Gasteiger partial charge in [0, 0.05) is 27.3 Å². The highest BCUT2D eigenvalue weighted by molar-refractivity contribution is 9.10. The molecule has 25 heavy (non-hydrogen) atoms. The molecule has 0 aliphatic heterocycles. The second kappa shape index (κ2) is 8.45. The van der Waals surface area contributed by atoms with Crippen LogP contribution in [0.4, 0.5) is 0 Å². The smallest absolute Gasteiger partial charge is 0.191 e. The molecule has 0 unspecified atom stereocenters. The first kappa shape index (κ1) is 18.6. The van der Waals surface area contributed by atoms with E-state index in [1.807, 2.05) is 54.1 Å². The average molecular weight is 459 g/mol. The molecule has 8 heteroatoms. The molecule has 1 heterocycles. The van der Waals surface area contributed by atoms with Crippen LogP contribution in [0.2, 0.25) is 10.0 Å². The number of benzene rings is 2. The zero-order valence-corrected chi connectivity index (χ0v) is 17.2. The van der Waals surface area contributed by atoms with Gasteiger partial charge in [0.25, 0.3) is 0 Å². The zero-order chi connectivity index (χ0) is 17.8. The quantitative estimate of drug-likeness (QED) is 0.440. The molecule has 0 spiro atoms. The first-order valence-electron chi connectivity index (χ1n) is 7.37. The minimum Gasteiger partial charge on any atom is -0.486 e. The summed E-state index contributed by atoms with van der Waals surface area (Å²) in [6.07, 6.45) is 0. The van der Waals surface area contributed by atoms with E-state index in [1.54, 1.807) is 0 Å². The third-order valence-electron chi connectivity index (χ3n) is 3.51. The Morgan fingerprint density at radius 2 is 1.76 bits per heavy atom. The lowest BCUT2D eigenvalue weighted by molar-refractivity contribution is 0.290. The van der Waals surface area contributed by atoms with Crippen molar-refractivity contribution in [2.75, 3.05) is 0 Å². The van der Waals surface area contributed by atoms with Crippen molar-refractivity contribution in [2.24, 2.45) is 7.05 Å². The highest BCUT2D eigenvalue weighted by Gasteiger charge is 2.12. The van der Waals surface area contributed by atoms with E-state index in [4.69, 9.17) is 27.9 Å². The predicted octanol–water partition coefficient (Wildman–Crippen LogP) is 5.76. The largest absolute Gasteiger partial charge is 0.486 e. The zero-order valence-electron chi connectivity index (χ0n) is 13.2. The number of nitrogens with zero attached hydrogens (tertiary/aromatic N) is 3. The summed E-state index contributed by atoms with van der Waals surface area (Å²) in [7, 11) is 1.91. The van der Waals surface area contributed by atoms with E-state index >= 15 is 0 Å². The molecule has 3 rings (SSSR count). The lowest BCUT2D eigenvalue weighted by Crippen LogP contribution is -2.04. The van der Waals surface area contributed by atoms with Crippen molar-refractivity contribution in [2.45, 2.75) is 17.5 Å². The van der Waals surface area contributed by atoms with Gasteiger partial charge in [0.15, 0.2) is 11.0 Å². The van der Waals surface area contributed by atoms with E-state index in [-0.39, 0.29) is 0 Å². The van der Waals surface area contributed by atoms with Gasteiger partial charge in [-0.05, 0) is 42.0 Å². The van der Waals surface area contributed by atoms with E-state index in [9.17, 15) is 0 Å². The molecule has 0 amide bonds. The number of hydrogen-bond acceptors (Lipinski definition) is 4. The normalized spacial score (nSPS) is 10.9. The molecule has 0 atom stereocenters. The highest BCUT2D eigenvalue weighted by atomic mass is 79.9. The third kappa shape index (κ3) is 4.70. The SMILES string of the molecule is Cn1c(COc2ccc(Br)cc2)nnc1SCc1c(Cl)cccc1Cl. The third-order valence-corrected chi connectivity index (χ3v) is 5.80. The number of aromatic nitrogens is 3. The standard InChI is InChI=1S/C17H14BrCl2N3OS/c1-23-16(9-24-12-7-5-11(18)6-8-12)21-22-17(23)25-10-13-14(19)3-2-4-15(13)20/h2-8H,9-10H2,1H3. The van der Waals surface area contributed by atoms with Gasteiger partial charge in [0.2, 0.25) is 0 Å². The summed E-state index contributed by atoms with van der Waals surface area (Å²) in [5.74, 6) is 2.15. The number of rotatable bonds is 6. The summed E-state index contributed by atoms with van der Waals surface area (Å²) in [5.41, 5.74) is 0.895. The molecule has 0 aliphatic rings. The van der Waals surface area contributed by atoms with Crippen molar-refractivity contribution < 1.29 is 4.74 Å². The lowest BCUT2D eigenvalue weighted by atomic mass is 10.2. The fourth-order valence-electron chi connectivity index (χ4n) is 2.08. The molecule has 3 aromatic rings. The molecule has 0 N–H and O–H groups in total. The maximum Gasteiger partial charge on any atom is 0.191 e. The van der Waals surface area contributed by atoms with Gasteiger partial charge in [-0.2, -0.15) is 0 Å². The molecular weight excluding hydrogens is 445 g/mol. The van der Waals surface area contributed by atoms with E-state index < -0.39 is 0 Å². The van der Waals surface area contributed by atoms with Gasteiger partial charge in [-0.1, -0.05) is 57.0 Å². The number of hydrogen-bond donors (Lipinski definition) is 0. The van der Waals surface area contributed by atoms with Crippen LogP contribution in [-0.2, 0) is 19.4 Å². The number of ether oxygens (including phenoxy) is 1. The molecular formula is C17H14BrCl2N3OS. The highest BCUT2D eigenvalue weighted by Crippen LogP contribution is 2.30. The van der Waals surface area contributed by atoms with Crippen LogP contribution in [0, 0.1) is 0 Å². The molecule has 0 fully saturated rings. The molecule has 1 aromatic heterocycles. The number of thioether (sulfide) groups is 1. The molecule has 4 nitrogen and oxygen atoms in total. The summed E-state index contributed by atoms with van der Waals surface area (Å²) in [4.78, 5) is 0. The Bertz CT molecular complexity index is 851. The van der Waals surface area contributed by atoms with Crippen molar-refractivity contribution in [3.63, 3.8) is 0 Å². The average Bonchev–Trinajstić information content (AvgIpc) is 2.94. The van der Waals surface area contributed by atoms with Crippen molar-refractivity contribution in [3.8, 4) is 5.75 Å². The summed E-state index contributed by atoms with van der Waals surface area (Å²) < 4.78 is 8.67. The summed E-state index contributed by atoms with van der Waals surface area (Å²) in [5, 5.41) is 10.5. The van der Waals surface area contributed by atoms with Crippen molar-refractivity contribution in [3.05, 3.63) is 68.4 Å². The Hall–Kier alpha value is -1.21. The van der Waals surface area contributed by atoms with Gasteiger partial charge < -0.3 is 9.30 Å². The van der Waals surface area contributed by atoms with E-state index in [1.165, 1.54) is 11.8 Å². The lowest BCUT2D eigenvalue weighted by Gasteiger charge is -2.08. The van der Waals surface area contributed by atoms with Crippen LogP contribution < -0.4 is 4.74 Å². The van der Waals surface area contributed by atoms with Crippen LogP contribution in [0.1, 0.15) is 11.4 Å². The topological polar surface area (TPSA) is 39.9 Å². The monoisotopic (exact) mass is 457 g/mol. The predicted molar refractivity (Wildman–Crippen MR) is 106 cm³/mol. The van der Waals surface area contributed by atoms with Crippen molar-refractivity contribution >= 4 is 50.9 Å². The summed E-state index contributed by atoms with van der Waals surface area (Å²) in [6.45, 7) is 0.346. The molecule has 0 bridgehead atoms. The molecule has 0 saturated heterocycles. The van der Waals surface area contributed by atoms with Crippen LogP contribution in [0.25, 0.3) is 0 Å². The Morgan fingerprint density at radius 1 is 1.08 bits per heavy atom. The molecule has 0 saturated carbocycles. The van der Waals surface area contributed by atoms with Crippen LogP contribution in [0.3, 0.4) is 0 Å². The van der Waals surface area contributed by atoms with Gasteiger partial charge in [0.1, 0.15) is 12.4 Å². The molecule has 0 aliphatic carbocycles. The first-order chi connectivity index (χ1) is 12.0. The maximum atomic E-state index is 6.21. The number of halogens is 3. The fourth-order valence-corrected chi connectivity index (χ4v) is 4.02. The van der Waals surface area contributed by atoms with Gasteiger partial charge in [-0.25, -0.2) is 0 Å². The van der Waals surface area contributed by atoms with Crippen LogP contribution in [0.15, 0.2) is 52.1 Å². The van der Waals surface area contributed by atoms with Crippen molar-refractivity contribution in [1.29, 1.82) is 0 Å². The second-order valence-electron chi connectivity index (χ2n) is 5.19. The Morgan fingerprint density at radius 3 is 2.44 bits per heavy atom. The van der Waals surface area contributed by atoms with Gasteiger partial charge in [-0.3, -0.25) is 0 Å². The Kier molecular flexibility index (Phi) is 6.28. The Labute approximate surface area is 168 Å². The van der Waals surface area contributed by atoms with E-state index in [2.05, 4.69) is 26.1 Å². The van der Waals surface area contributed by atoms with Gasteiger partial charge in [0.05, 0.1) is 0 Å². The minimum atomic E-state index is 0.346. The van der Waals surface area contributed by atoms with Crippen LogP contribution >= 0.6 is 50.9 Å². The summed E-state index contributed by atoms with van der Waals surface area (Å²) >= 11 is 17.3. The first-order valence-corrected chi connectivity index (χ1v) is 9.90. The van der Waals surface area contributed by atoms with Crippen LogP contribution in [0.5, 0.6) is 5.75 Å². The molecule has 0 radical (unpaired) electrons. The molecule has 130 valence electrons. The Balaban J connectivity index is 1.64. The fraction of sp³-hybridized carbons (Fsp3) is 0.176. The molecule has 2 aromatic carbocycles. The van der Waals surface area contributed by atoms with Crippen molar-refractivity contribution in [1.82, 2.24) is 14.8 Å². The van der Waals surface area contributed by atoms with Crippen LogP contribution in [-0.4, -0.2) is 14.8 Å². The van der Waals surface area contributed by atoms with E-state index in [0.717, 1.165) is 26.8 Å². The van der Waals surface area contributed by atoms with Gasteiger partial charge in [-0.15, -0.1) is 10.2 Å². The van der Waals surface area contributed by atoms with E-state index in [0.29, 0.717) is 22.4 Å².